The van der Waals surface area contributed by atoms with Gasteiger partial charge in [-0.1, -0.05) is 54.9 Å². The Balaban J connectivity index is 1.11. The van der Waals surface area contributed by atoms with Crippen LogP contribution >= 0.6 is 11.6 Å². The Hall–Kier alpha value is -3.92. The molecule has 4 atom stereocenters. The van der Waals surface area contributed by atoms with Crippen LogP contribution in [0.5, 0.6) is 6.01 Å². The second kappa shape index (κ2) is 9.13. The molecule has 2 aliphatic rings. The van der Waals surface area contributed by atoms with Gasteiger partial charge in [-0.25, -0.2) is 14.6 Å². The van der Waals surface area contributed by atoms with Crippen molar-refractivity contribution in [2.45, 2.75) is 25.2 Å². The molecule has 4 heterocycles. The summed E-state index contributed by atoms with van der Waals surface area (Å²) in [7, 11) is 0. The highest BCUT2D eigenvalue weighted by molar-refractivity contribution is 6.34. The number of aromatic nitrogens is 5. The van der Waals surface area contributed by atoms with Crippen LogP contribution in [0.25, 0.3) is 39.0 Å². The molecule has 2 aliphatic heterocycles. The maximum atomic E-state index is 11.3. The molecular weight excluding hydrogens is 506 g/mol. The average molecular weight is 530 g/mol. The first kappa shape index (κ1) is 23.2. The first-order valence-electron chi connectivity index (χ1n) is 12.5. The molecule has 0 saturated carbocycles. The van der Waals surface area contributed by atoms with Crippen molar-refractivity contribution in [3.8, 4) is 34.0 Å². The number of imidazole rings is 1. The van der Waals surface area contributed by atoms with E-state index in [1.807, 2.05) is 48.5 Å². The van der Waals surface area contributed by atoms with Gasteiger partial charge in [-0.2, -0.15) is 9.97 Å². The van der Waals surface area contributed by atoms with Crippen molar-refractivity contribution in [1.29, 1.82) is 0 Å². The fourth-order valence-corrected chi connectivity index (χ4v) is 5.52. The number of nitrogens with one attached hydrogen (secondary N) is 2. The van der Waals surface area contributed by atoms with E-state index in [-0.39, 0.29) is 24.0 Å². The Labute approximate surface area is 222 Å². The number of benzene rings is 3. The van der Waals surface area contributed by atoms with Crippen LogP contribution in [0.15, 0.2) is 71.8 Å². The van der Waals surface area contributed by atoms with Crippen LogP contribution < -0.4 is 10.4 Å². The lowest BCUT2D eigenvalue weighted by Gasteiger charge is -2.15. The lowest BCUT2D eigenvalue weighted by atomic mass is 10.00. The van der Waals surface area contributed by atoms with Crippen LogP contribution in [0, 0.1) is 5.92 Å². The Kier molecular flexibility index (Phi) is 5.57. The van der Waals surface area contributed by atoms with E-state index in [2.05, 4.69) is 39.1 Å². The minimum Gasteiger partial charge on any atom is -0.456 e. The summed E-state index contributed by atoms with van der Waals surface area (Å²) < 4.78 is 19.5. The zero-order chi connectivity index (χ0) is 25.8. The molecule has 7 rings (SSSR count). The number of H-pyrrole nitrogens is 2. The molecule has 192 valence electrons. The molecule has 5 aromatic rings. The van der Waals surface area contributed by atoms with Crippen LogP contribution in [-0.2, 0) is 9.47 Å². The summed E-state index contributed by atoms with van der Waals surface area (Å²) in [6.07, 6.45) is 1.28. The minimum absolute atomic E-state index is 0.0676. The molecule has 2 N–H and O–H groups in total. The predicted molar refractivity (Wildman–Crippen MR) is 143 cm³/mol. The Morgan fingerprint density at radius 1 is 0.974 bits per heavy atom. The number of rotatable bonds is 5. The molecule has 0 amide bonds. The lowest BCUT2D eigenvalue weighted by molar-refractivity contribution is 0.0262. The van der Waals surface area contributed by atoms with Gasteiger partial charge in [-0.3, -0.25) is 0 Å². The first-order valence-corrected chi connectivity index (χ1v) is 12.8. The monoisotopic (exact) mass is 529 g/mol. The topological polar surface area (TPSA) is 107 Å². The summed E-state index contributed by atoms with van der Waals surface area (Å²) in [5, 5.41) is 3.26. The summed E-state index contributed by atoms with van der Waals surface area (Å²) in [4.78, 5) is 22.9. The number of nitrogens with zero attached hydrogens (tertiary/aromatic N) is 3. The number of aromatic amines is 2. The van der Waals surface area contributed by atoms with Crippen molar-refractivity contribution in [1.82, 2.24) is 24.7 Å². The number of fused-ring (bicyclic) bond motifs is 2. The zero-order valence-electron chi connectivity index (χ0n) is 20.4. The molecule has 3 aromatic carbocycles. The van der Waals surface area contributed by atoms with Crippen molar-refractivity contribution >= 4 is 22.6 Å². The van der Waals surface area contributed by atoms with Crippen LogP contribution in [0.1, 0.15) is 6.92 Å². The highest BCUT2D eigenvalue weighted by atomic mass is 35.5. The molecule has 0 aliphatic carbocycles. The smallest absolute Gasteiger partial charge is 0.361 e. The molecule has 0 bridgehead atoms. The number of halogens is 1. The average Bonchev–Trinajstić information content (AvgIpc) is 3.71. The molecule has 2 aromatic heterocycles. The fraction of sp³-hybridized carbons (Fsp3) is 0.250. The quantitative estimate of drug-likeness (QED) is 0.344. The van der Waals surface area contributed by atoms with Crippen molar-refractivity contribution in [3.05, 3.63) is 82.5 Å². The Morgan fingerprint density at radius 3 is 2.42 bits per heavy atom. The van der Waals surface area contributed by atoms with Gasteiger partial charge in [0.05, 0.1) is 41.1 Å². The third kappa shape index (κ3) is 4.09. The molecule has 9 nitrogen and oxygen atoms in total. The van der Waals surface area contributed by atoms with E-state index >= 15 is 0 Å². The van der Waals surface area contributed by atoms with E-state index in [1.54, 1.807) is 4.68 Å². The molecule has 2 saturated heterocycles. The largest absolute Gasteiger partial charge is 0.456 e. The van der Waals surface area contributed by atoms with Crippen molar-refractivity contribution in [2.75, 3.05) is 13.2 Å². The number of hydrogen-bond donors (Lipinski definition) is 2. The maximum absolute atomic E-state index is 11.3. The SMILES string of the molecule is C[C@@H]1CO[C@H]2[C@@H]1OC[C@H]2Oc1nc2cc(-c3ccc(-c4ccc(-n5cnc(=O)[nH]5)cc4)cc3)c(Cl)cc2[nH]1. The second-order valence-corrected chi connectivity index (χ2v) is 10.2. The Morgan fingerprint density at radius 2 is 1.68 bits per heavy atom. The van der Waals surface area contributed by atoms with Gasteiger partial charge in [0.15, 0.2) is 6.10 Å². The van der Waals surface area contributed by atoms with Gasteiger partial charge in [0, 0.05) is 11.5 Å². The van der Waals surface area contributed by atoms with Crippen molar-refractivity contribution in [3.63, 3.8) is 0 Å². The highest BCUT2D eigenvalue weighted by Crippen LogP contribution is 2.35. The Bertz CT molecular complexity index is 1670. The maximum Gasteiger partial charge on any atom is 0.361 e. The third-order valence-electron chi connectivity index (χ3n) is 7.25. The molecule has 2 fully saturated rings. The van der Waals surface area contributed by atoms with Crippen molar-refractivity contribution in [2.24, 2.45) is 5.92 Å². The van der Waals surface area contributed by atoms with Crippen LogP contribution in [0.3, 0.4) is 0 Å². The van der Waals surface area contributed by atoms with Gasteiger partial charge in [0.25, 0.3) is 6.01 Å². The normalized spacial score (nSPS) is 22.7. The molecule has 0 spiro atoms. The molecule has 0 radical (unpaired) electrons. The standard InChI is InChI=1S/C28H24ClN5O4/c1-15-12-36-26-24(13-37-25(15)26)38-28-31-22-10-20(21(29)11-23(22)32-28)18-4-2-16(3-5-18)17-6-8-19(9-7-17)34-14-30-27(35)33-34/h2-11,14-15,24-26H,12-13H2,1H3,(H,31,32)(H,33,35)/t15-,24-,25-,26-/m1/s1. The van der Waals surface area contributed by atoms with E-state index in [9.17, 15) is 4.79 Å². The summed E-state index contributed by atoms with van der Waals surface area (Å²) in [6, 6.07) is 20.4. The van der Waals surface area contributed by atoms with Crippen LogP contribution in [0.4, 0.5) is 0 Å². The second-order valence-electron chi connectivity index (χ2n) is 9.78. The molecular formula is C28H24ClN5O4. The summed E-state index contributed by atoms with van der Waals surface area (Å²) >= 11 is 6.68. The van der Waals surface area contributed by atoms with Crippen LogP contribution in [0.2, 0.25) is 5.02 Å². The molecule has 10 heteroatoms. The van der Waals surface area contributed by atoms with Gasteiger partial charge < -0.3 is 19.2 Å². The van der Waals surface area contributed by atoms with Crippen LogP contribution in [-0.4, -0.2) is 56.3 Å². The molecule has 0 unspecified atom stereocenters. The summed E-state index contributed by atoms with van der Waals surface area (Å²) in [6.45, 7) is 3.31. The van der Waals surface area contributed by atoms with E-state index in [4.69, 9.17) is 25.8 Å². The van der Waals surface area contributed by atoms with Crippen molar-refractivity contribution < 1.29 is 14.2 Å². The number of hydrogen-bond acceptors (Lipinski definition) is 6. The highest BCUT2D eigenvalue weighted by Gasteiger charge is 2.47. The van der Waals surface area contributed by atoms with E-state index < -0.39 is 0 Å². The first-order chi connectivity index (χ1) is 18.5. The molecule has 38 heavy (non-hydrogen) atoms. The summed E-state index contributed by atoms with van der Waals surface area (Å²) in [5.74, 6) is 0.366. The van der Waals surface area contributed by atoms with E-state index in [1.165, 1.54) is 6.33 Å². The minimum atomic E-state index is -0.380. The van der Waals surface area contributed by atoms with E-state index in [0.29, 0.717) is 30.2 Å². The predicted octanol–water partition coefficient (Wildman–Crippen LogP) is 4.61. The van der Waals surface area contributed by atoms with Gasteiger partial charge >= 0.3 is 5.69 Å². The third-order valence-corrected chi connectivity index (χ3v) is 7.56. The summed E-state index contributed by atoms with van der Waals surface area (Å²) in [5.41, 5.74) is 6.01. The van der Waals surface area contributed by atoms with Gasteiger partial charge in [0.2, 0.25) is 0 Å². The number of ether oxygens (including phenoxy) is 3. The van der Waals surface area contributed by atoms with Gasteiger partial charge in [0.1, 0.15) is 12.4 Å². The van der Waals surface area contributed by atoms with Gasteiger partial charge in [-0.05, 0) is 41.0 Å². The zero-order valence-corrected chi connectivity index (χ0v) is 21.2. The fourth-order valence-electron chi connectivity index (χ4n) is 5.24. The van der Waals surface area contributed by atoms with E-state index in [0.717, 1.165) is 39.0 Å². The van der Waals surface area contributed by atoms with Gasteiger partial charge in [-0.15, -0.1) is 0 Å². The lowest BCUT2D eigenvalue weighted by Crippen LogP contribution is -2.33.